The number of anilines is 2. The number of carbonyl (C=O) groups is 2. The summed E-state index contributed by atoms with van der Waals surface area (Å²) in [6.07, 6.45) is -0.0353. The van der Waals surface area contributed by atoms with Gasteiger partial charge in [0.1, 0.15) is 5.75 Å². The van der Waals surface area contributed by atoms with Gasteiger partial charge in [0.15, 0.2) is 0 Å². The molecular formula is C19H22N2O3. The molecule has 24 heavy (non-hydrogen) atoms. The third-order valence-electron chi connectivity index (χ3n) is 3.56. The number of para-hydroxylation sites is 2. The molecule has 0 aliphatic rings. The Hall–Kier alpha value is -2.82. The minimum Gasteiger partial charge on any atom is -0.489 e. The largest absolute Gasteiger partial charge is 0.489 e. The zero-order valence-corrected chi connectivity index (χ0v) is 14.3. The maximum atomic E-state index is 12.2. The maximum Gasteiger partial charge on any atom is 0.314 e. The van der Waals surface area contributed by atoms with Crippen LogP contribution in [0.5, 0.6) is 5.75 Å². The van der Waals surface area contributed by atoms with Gasteiger partial charge < -0.3 is 15.4 Å². The molecule has 0 saturated carbocycles. The van der Waals surface area contributed by atoms with Gasteiger partial charge in [-0.2, -0.15) is 0 Å². The van der Waals surface area contributed by atoms with Gasteiger partial charge in [-0.05, 0) is 57.0 Å². The summed E-state index contributed by atoms with van der Waals surface area (Å²) < 4.78 is 5.63. The van der Waals surface area contributed by atoms with Gasteiger partial charge in [-0.1, -0.05) is 24.3 Å². The summed E-state index contributed by atoms with van der Waals surface area (Å²) in [6.45, 7) is 7.64. The first-order chi connectivity index (χ1) is 11.4. The molecule has 0 heterocycles. The standard InChI is InChI=1S/C19H22N2O3/c1-12(2)24-17-11-6-5-9-16(17)21-19(23)18(22)20-15-10-7-8-13(3)14(15)4/h5-12H,1-4H3,(H,20,22)(H,21,23). The lowest BCUT2D eigenvalue weighted by Gasteiger charge is -2.15. The van der Waals surface area contributed by atoms with Gasteiger partial charge in [-0.25, -0.2) is 0 Å². The Bertz CT molecular complexity index is 754. The van der Waals surface area contributed by atoms with Crippen LogP contribution in [0.4, 0.5) is 11.4 Å². The quantitative estimate of drug-likeness (QED) is 0.843. The predicted octanol–water partition coefficient (Wildman–Crippen LogP) is 3.67. The summed E-state index contributed by atoms with van der Waals surface area (Å²) in [4.78, 5) is 24.3. The van der Waals surface area contributed by atoms with Crippen LogP contribution in [0.15, 0.2) is 42.5 Å². The summed E-state index contributed by atoms with van der Waals surface area (Å²) in [7, 11) is 0. The topological polar surface area (TPSA) is 67.4 Å². The van der Waals surface area contributed by atoms with E-state index in [9.17, 15) is 9.59 Å². The molecule has 0 aliphatic carbocycles. The molecule has 126 valence electrons. The van der Waals surface area contributed by atoms with E-state index < -0.39 is 11.8 Å². The second kappa shape index (κ2) is 7.64. The lowest BCUT2D eigenvalue weighted by atomic mass is 10.1. The monoisotopic (exact) mass is 326 g/mol. The molecule has 0 saturated heterocycles. The summed E-state index contributed by atoms with van der Waals surface area (Å²) in [5.41, 5.74) is 3.07. The number of benzene rings is 2. The average Bonchev–Trinajstić information content (AvgIpc) is 2.53. The minimum atomic E-state index is -0.740. The van der Waals surface area contributed by atoms with Crippen LogP contribution in [0.3, 0.4) is 0 Å². The summed E-state index contributed by atoms with van der Waals surface area (Å²) in [6, 6.07) is 12.6. The van der Waals surface area contributed by atoms with Crippen LogP contribution in [-0.2, 0) is 9.59 Å². The number of hydrogen-bond donors (Lipinski definition) is 2. The molecular weight excluding hydrogens is 304 g/mol. The van der Waals surface area contributed by atoms with E-state index in [-0.39, 0.29) is 6.10 Å². The Labute approximate surface area is 142 Å². The van der Waals surface area contributed by atoms with Crippen molar-refractivity contribution in [3.8, 4) is 5.75 Å². The molecule has 0 aliphatic heterocycles. The van der Waals surface area contributed by atoms with E-state index in [2.05, 4.69) is 10.6 Å². The Balaban J connectivity index is 2.10. The van der Waals surface area contributed by atoms with Gasteiger partial charge in [0.05, 0.1) is 11.8 Å². The SMILES string of the molecule is Cc1cccc(NC(=O)C(=O)Nc2ccccc2OC(C)C)c1C. The van der Waals surface area contributed by atoms with Gasteiger partial charge in [0, 0.05) is 5.69 Å². The van der Waals surface area contributed by atoms with Crippen molar-refractivity contribution in [2.24, 2.45) is 0 Å². The highest BCUT2D eigenvalue weighted by molar-refractivity contribution is 6.43. The number of hydrogen-bond acceptors (Lipinski definition) is 3. The van der Waals surface area contributed by atoms with Gasteiger partial charge in [0.2, 0.25) is 0 Å². The molecule has 2 amide bonds. The summed E-state index contributed by atoms with van der Waals surface area (Å²) in [5.74, 6) is -0.931. The molecule has 0 bridgehead atoms. The fraction of sp³-hybridized carbons (Fsp3) is 0.263. The Morgan fingerprint density at radius 2 is 1.46 bits per heavy atom. The fourth-order valence-electron chi connectivity index (χ4n) is 2.17. The molecule has 5 heteroatoms. The smallest absolute Gasteiger partial charge is 0.314 e. The van der Waals surface area contributed by atoms with Crippen molar-refractivity contribution >= 4 is 23.2 Å². The lowest BCUT2D eigenvalue weighted by Crippen LogP contribution is -2.29. The van der Waals surface area contributed by atoms with E-state index in [0.29, 0.717) is 17.1 Å². The Kier molecular flexibility index (Phi) is 5.58. The van der Waals surface area contributed by atoms with Crippen LogP contribution in [0.1, 0.15) is 25.0 Å². The van der Waals surface area contributed by atoms with Crippen molar-refractivity contribution in [3.05, 3.63) is 53.6 Å². The number of carbonyl (C=O) groups excluding carboxylic acids is 2. The van der Waals surface area contributed by atoms with Gasteiger partial charge in [0.25, 0.3) is 0 Å². The molecule has 0 spiro atoms. The molecule has 5 nitrogen and oxygen atoms in total. The molecule has 2 aromatic carbocycles. The Morgan fingerprint density at radius 3 is 2.12 bits per heavy atom. The third kappa shape index (κ3) is 4.35. The van der Waals surface area contributed by atoms with E-state index >= 15 is 0 Å². The highest BCUT2D eigenvalue weighted by Gasteiger charge is 2.17. The van der Waals surface area contributed by atoms with Gasteiger partial charge in [-0.3, -0.25) is 9.59 Å². The van der Waals surface area contributed by atoms with Crippen LogP contribution >= 0.6 is 0 Å². The molecule has 2 rings (SSSR count). The fourth-order valence-corrected chi connectivity index (χ4v) is 2.17. The average molecular weight is 326 g/mol. The van der Waals surface area contributed by atoms with Crippen LogP contribution < -0.4 is 15.4 Å². The molecule has 2 aromatic rings. The highest BCUT2D eigenvalue weighted by atomic mass is 16.5. The predicted molar refractivity (Wildman–Crippen MR) is 95.4 cm³/mol. The summed E-state index contributed by atoms with van der Waals surface area (Å²) in [5, 5.41) is 5.23. The number of rotatable bonds is 4. The number of amides is 2. The van der Waals surface area contributed by atoms with Crippen molar-refractivity contribution in [1.29, 1.82) is 0 Å². The van der Waals surface area contributed by atoms with Crippen molar-refractivity contribution in [2.75, 3.05) is 10.6 Å². The van der Waals surface area contributed by atoms with Crippen LogP contribution in [-0.4, -0.2) is 17.9 Å². The van der Waals surface area contributed by atoms with E-state index in [1.807, 2.05) is 45.9 Å². The zero-order chi connectivity index (χ0) is 17.7. The normalized spacial score (nSPS) is 10.4. The molecule has 0 aromatic heterocycles. The molecule has 2 N–H and O–H groups in total. The van der Waals surface area contributed by atoms with Crippen molar-refractivity contribution in [3.63, 3.8) is 0 Å². The first kappa shape index (κ1) is 17.5. The Morgan fingerprint density at radius 1 is 0.875 bits per heavy atom. The number of aryl methyl sites for hydroxylation is 1. The van der Waals surface area contributed by atoms with Crippen LogP contribution in [0.25, 0.3) is 0 Å². The van der Waals surface area contributed by atoms with Crippen LogP contribution in [0, 0.1) is 13.8 Å². The number of nitrogens with one attached hydrogen (secondary N) is 2. The highest BCUT2D eigenvalue weighted by Crippen LogP contribution is 2.25. The van der Waals surface area contributed by atoms with Crippen molar-refractivity contribution in [2.45, 2.75) is 33.8 Å². The van der Waals surface area contributed by atoms with E-state index in [0.717, 1.165) is 11.1 Å². The second-order valence-electron chi connectivity index (χ2n) is 5.82. The maximum absolute atomic E-state index is 12.2. The van der Waals surface area contributed by atoms with E-state index in [1.54, 1.807) is 24.3 Å². The third-order valence-corrected chi connectivity index (χ3v) is 3.56. The van der Waals surface area contributed by atoms with Crippen molar-refractivity contribution < 1.29 is 14.3 Å². The van der Waals surface area contributed by atoms with Gasteiger partial charge >= 0.3 is 11.8 Å². The number of ether oxygens (including phenoxy) is 1. The first-order valence-corrected chi connectivity index (χ1v) is 7.82. The zero-order valence-electron chi connectivity index (χ0n) is 14.3. The van der Waals surface area contributed by atoms with Crippen molar-refractivity contribution in [1.82, 2.24) is 0 Å². The van der Waals surface area contributed by atoms with Gasteiger partial charge in [-0.15, -0.1) is 0 Å². The van der Waals surface area contributed by atoms with Crippen LogP contribution in [0.2, 0.25) is 0 Å². The molecule has 0 atom stereocenters. The molecule has 0 radical (unpaired) electrons. The minimum absolute atomic E-state index is 0.0353. The van der Waals surface area contributed by atoms with E-state index in [1.165, 1.54) is 0 Å². The lowest BCUT2D eigenvalue weighted by molar-refractivity contribution is -0.133. The summed E-state index contributed by atoms with van der Waals surface area (Å²) >= 11 is 0. The second-order valence-corrected chi connectivity index (χ2v) is 5.82. The van der Waals surface area contributed by atoms with E-state index in [4.69, 9.17) is 4.74 Å². The molecule has 0 fully saturated rings. The molecule has 0 unspecified atom stereocenters. The first-order valence-electron chi connectivity index (χ1n) is 7.82.